The Morgan fingerprint density at radius 2 is 2.00 bits per heavy atom. The number of hydrogen-bond donors (Lipinski definition) is 1. The van der Waals surface area contributed by atoms with Gasteiger partial charge in [0.15, 0.2) is 5.82 Å². The topological polar surface area (TPSA) is 129 Å². The summed E-state index contributed by atoms with van der Waals surface area (Å²) in [5.74, 6) is -1.53. The number of carbonyl (C=O) groups is 1. The van der Waals surface area contributed by atoms with Crippen molar-refractivity contribution in [3.05, 3.63) is 65.7 Å². The number of piperidine rings is 1. The minimum atomic E-state index is -4.65. The van der Waals surface area contributed by atoms with Gasteiger partial charge in [-0.3, -0.25) is 9.52 Å². The number of halogens is 4. The molecule has 0 aliphatic carbocycles. The summed E-state index contributed by atoms with van der Waals surface area (Å²) in [6.07, 6.45) is -4.16. The van der Waals surface area contributed by atoms with Crippen molar-refractivity contribution in [2.45, 2.75) is 24.7 Å². The van der Waals surface area contributed by atoms with Crippen molar-refractivity contribution < 1.29 is 41.5 Å². The molecule has 0 unspecified atom stereocenters. The molecule has 1 aromatic heterocycles. The molecule has 3 aromatic rings. The van der Waals surface area contributed by atoms with E-state index in [0.29, 0.717) is 0 Å². The predicted octanol–water partition coefficient (Wildman–Crippen LogP) is 3.78. The molecule has 1 N–H and O–H groups in total. The summed E-state index contributed by atoms with van der Waals surface area (Å²) in [5, 5.41) is 13.3. The molecule has 10 nitrogen and oxygen atoms in total. The molecular formula is C24H21F4N5O5S. The van der Waals surface area contributed by atoms with Crippen LogP contribution in [0.4, 0.5) is 29.1 Å². The van der Waals surface area contributed by atoms with Crippen molar-refractivity contribution in [3.63, 3.8) is 0 Å². The van der Waals surface area contributed by atoms with Crippen LogP contribution in [0.3, 0.4) is 0 Å². The predicted molar refractivity (Wildman–Crippen MR) is 130 cm³/mol. The van der Waals surface area contributed by atoms with Gasteiger partial charge in [-0.1, -0.05) is 17.3 Å². The number of anilines is 2. The normalized spacial score (nSPS) is 20.4. The van der Waals surface area contributed by atoms with E-state index < -0.39 is 52.4 Å². The van der Waals surface area contributed by atoms with Crippen molar-refractivity contribution in [3.8, 4) is 17.2 Å². The van der Waals surface area contributed by atoms with Crippen molar-refractivity contribution in [2.75, 3.05) is 29.3 Å². The van der Waals surface area contributed by atoms with Gasteiger partial charge >= 0.3 is 16.4 Å². The zero-order valence-corrected chi connectivity index (χ0v) is 20.7. The summed E-state index contributed by atoms with van der Waals surface area (Å²) in [6.45, 7) is -0.629. The number of nitrogens with one attached hydrogen (secondary N) is 1. The van der Waals surface area contributed by atoms with Crippen molar-refractivity contribution in [2.24, 2.45) is 0 Å². The van der Waals surface area contributed by atoms with E-state index in [-0.39, 0.29) is 49.1 Å². The molecule has 2 aliphatic rings. The number of aromatic nitrogens is 1. The van der Waals surface area contributed by atoms with Gasteiger partial charge in [-0.2, -0.15) is 31.2 Å². The van der Waals surface area contributed by atoms with E-state index in [4.69, 9.17) is 4.74 Å². The first-order valence-electron chi connectivity index (χ1n) is 11.5. The summed E-state index contributed by atoms with van der Waals surface area (Å²) in [4.78, 5) is 14.1. The lowest BCUT2D eigenvalue weighted by atomic mass is 9.95. The molecular weight excluding hydrogens is 546 g/mol. The maximum absolute atomic E-state index is 15.3. The Balaban J connectivity index is 0.00000370. The van der Waals surface area contributed by atoms with Gasteiger partial charge in [-0.15, -0.1) is 0 Å². The van der Waals surface area contributed by atoms with Crippen LogP contribution in [0.1, 0.15) is 19.0 Å². The van der Waals surface area contributed by atoms with E-state index in [1.54, 1.807) is 0 Å². The minimum absolute atomic E-state index is 0. The van der Waals surface area contributed by atoms with E-state index in [0.717, 1.165) is 34.6 Å². The molecule has 2 aliphatic heterocycles. The SMILES string of the molecule is N#Cc1cc(-c2cccc(C(F)(F)F)c2)c(F)cc1N1C(=O)CO[C@@H]2CN(S(=O)(=O)Nc3ccon3)CC[C@H]21.[HH]. The number of rotatable bonds is 5. The summed E-state index contributed by atoms with van der Waals surface area (Å²) >= 11 is 0. The van der Waals surface area contributed by atoms with Gasteiger partial charge in [0.25, 0.3) is 5.91 Å². The molecule has 2 atom stereocenters. The fraction of sp³-hybridized carbons (Fsp3) is 0.292. The van der Waals surface area contributed by atoms with E-state index in [9.17, 15) is 31.6 Å². The van der Waals surface area contributed by atoms with Crippen LogP contribution >= 0.6 is 0 Å². The monoisotopic (exact) mass is 567 g/mol. The molecule has 206 valence electrons. The second-order valence-electron chi connectivity index (χ2n) is 8.86. The number of fused-ring (bicyclic) bond motifs is 1. The Bertz CT molecular complexity index is 1560. The third-order valence-electron chi connectivity index (χ3n) is 6.49. The molecule has 0 spiro atoms. The molecule has 0 saturated carbocycles. The highest BCUT2D eigenvalue weighted by atomic mass is 32.2. The molecule has 0 radical (unpaired) electrons. The van der Waals surface area contributed by atoms with Crippen LogP contribution in [-0.2, 0) is 25.9 Å². The minimum Gasteiger partial charge on any atom is -0.365 e. The first-order valence-corrected chi connectivity index (χ1v) is 12.9. The lowest BCUT2D eigenvalue weighted by Crippen LogP contribution is -2.62. The highest BCUT2D eigenvalue weighted by molar-refractivity contribution is 7.90. The summed E-state index contributed by atoms with van der Waals surface area (Å²) in [6, 6.07) is 8.56. The van der Waals surface area contributed by atoms with Gasteiger partial charge < -0.3 is 14.2 Å². The van der Waals surface area contributed by atoms with Crippen LogP contribution < -0.4 is 9.62 Å². The van der Waals surface area contributed by atoms with Crippen molar-refractivity contribution in [1.29, 1.82) is 5.26 Å². The molecule has 2 fully saturated rings. The van der Waals surface area contributed by atoms with Gasteiger partial charge in [0, 0.05) is 26.1 Å². The Labute approximate surface area is 221 Å². The largest absolute Gasteiger partial charge is 0.416 e. The molecule has 1 amide bonds. The summed E-state index contributed by atoms with van der Waals surface area (Å²) < 4.78 is 94.0. The number of amides is 1. The highest BCUT2D eigenvalue weighted by Crippen LogP contribution is 2.37. The Morgan fingerprint density at radius 1 is 1.21 bits per heavy atom. The molecule has 15 heteroatoms. The number of nitrogens with zero attached hydrogens (tertiary/aromatic N) is 4. The standard InChI is InChI=1S/C24H19F4N5O5S.H2/c25-18-10-20(15(11-29)9-17(18)14-2-1-3-16(8-14)24(26,27)28)33-19-4-6-32(12-21(19)37-13-23(33)34)39(35,36)31-22-5-7-38-30-22;/h1-3,5,7-10,19,21H,4,6,12-13H2,(H,30,31);1H/t19-,21-;/m1./s1. The maximum Gasteiger partial charge on any atom is 0.416 e. The second-order valence-corrected chi connectivity index (χ2v) is 10.5. The van der Waals surface area contributed by atoms with Crippen LogP contribution in [0, 0.1) is 17.1 Å². The second kappa shape index (κ2) is 9.95. The third-order valence-corrected chi connectivity index (χ3v) is 7.96. The maximum atomic E-state index is 15.3. The van der Waals surface area contributed by atoms with Crippen LogP contribution in [0.25, 0.3) is 11.1 Å². The van der Waals surface area contributed by atoms with Gasteiger partial charge in [-0.05, 0) is 36.2 Å². The molecule has 5 rings (SSSR count). The first kappa shape index (κ1) is 26.6. The molecule has 0 bridgehead atoms. The summed E-state index contributed by atoms with van der Waals surface area (Å²) in [7, 11) is -4.04. The van der Waals surface area contributed by atoms with Crippen LogP contribution in [0.5, 0.6) is 0 Å². The zero-order valence-electron chi connectivity index (χ0n) is 19.9. The quantitative estimate of drug-likeness (QED) is 0.465. The smallest absolute Gasteiger partial charge is 0.365 e. The van der Waals surface area contributed by atoms with Gasteiger partial charge in [0.1, 0.15) is 24.8 Å². The molecule has 3 heterocycles. The third kappa shape index (κ3) is 5.18. The number of ether oxygens (including phenoxy) is 1. The van der Waals surface area contributed by atoms with Gasteiger partial charge in [0.05, 0.1) is 29.0 Å². The van der Waals surface area contributed by atoms with Gasteiger partial charge in [-0.25, -0.2) is 4.39 Å². The van der Waals surface area contributed by atoms with Gasteiger partial charge in [0.2, 0.25) is 0 Å². The fourth-order valence-corrected chi connectivity index (χ4v) is 5.88. The Kier molecular flexibility index (Phi) is 6.79. The molecule has 2 aromatic carbocycles. The average Bonchev–Trinajstić information content (AvgIpc) is 3.40. The lowest BCUT2D eigenvalue weighted by molar-refractivity contribution is -0.137. The number of alkyl halides is 3. The van der Waals surface area contributed by atoms with Crippen LogP contribution in [-0.4, -0.2) is 55.6 Å². The average molecular weight is 568 g/mol. The van der Waals surface area contributed by atoms with Crippen molar-refractivity contribution >= 4 is 27.6 Å². The fourth-order valence-electron chi connectivity index (χ4n) is 4.70. The van der Waals surface area contributed by atoms with Crippen LogP contribution in [0.15, 0.2) is 53.3 Å². The number of carbonyl (C=O) groups excluding carboxylic acids is 1. The number of benzene rings is 2. The molecule has 2 saturated heterocycles. The summed E-state index contributed by atoms with van der Waals surface area (Å²) in [5.41, 5.74) is -1.52. The van der Waals surface area contributed by atoms with E-state index in [2.05, 4.69) is 14.4 Å². The first-order chi connectivity index (χ1) is 18.5. The van der Waals surface area contributed by atoms with Crippen molar-refractivity contribution in [1.82, 2.24) is 9.46 Å². The van der Waals surface area contributed by atoms with E-state index >= 15 is 4.39 Å². The zero-order chi connectivity index (χ0) is 27.9. The Morgan fingerprint density at radius 3 is 2.69 bits per heavy atom. The Hall–Kier alpha value is -4.00. The highest BCUT2D eigenvalue weighted by Gasteiger charge is 2.44. The molecule has 39 heavy (non-hydrogen) atoms. The lowest BCUT2D eigenvalue weighted by Gasteiger charge is -2.46. The number of hydrogen-bond acceptors (Lipinski definition) is 7. The van der Waals surface area contributed by atoms with Crippen LogP contribution in [0.2, 0.25) is 0 Å². The number of nitriles is 1. The van der Waals surface area contributed by atoms with E-state index in [1.165, 1.54) is 23.3 Å². The van der Waals surface area contributed by atoms with E-state index in [1.807, 2.05) is 6.07 Å². The number of morpholine rings is 1.